The van der Waals surface area contributed by atoms with Crippen LogP contribution in [0.4, 0.5) is 8.78 Å². The lowest BCUT2D eigenvalue weighted by Gasteiger charge is -2.08. The van der Waals surface area contributed by atoms with E-state index in [0.29, 0.717) is 12.3 Å². The summed E-state index contributed by atoms with van der Waals surface area (Å²) in [6.45, 7) is 0.683. The highest BCUT2D eigenvalue weighted by atomic mass is 19.2. The van der Waals surface area contributed by atoms with Crippen molar-refractivity contribution >= 4 is 0 Å². The minimum atomic E-state index is -0.975. The molecular formula is C14H13F2NO. The number of hydrogen-bond acceptors (Lipinski definition) is 2. The lowest BCUT2D eigenvalue weighted by Crippen LogP contribution is -2.04. The zero-order valence-electron chi connectivity index (χ0n) is 9.91. The topological polar surface area (TPSA) is 21.3 Å². The van der Waals surface area contributed by atoms with E-state index in [1.165, 1.54) is 12.1 Å². The van der Waals surface area contributed by atoms with Crippen LogP contribution in [0.15, 0.2) is 42.5 Å². The molecule has 0 heterocycles. The van der Waals surface area contributed by atoms with Gasteiger partial charge in [-0.05, 0) is 36.9 Å². The summed E-state index contributed by atoms with van der Waals surface area (Å²) in [7, 11) is 1.83. The molecule has 0 fully saturated rings. The fourth-order valence-corrected chi connectivity index (χ4v) is 1.61. The summed E-state index contributed by atoms with van der Waals surface area (Å²) in [5.41, 5.74) is 1.01. The second-order valence-corrected chi connectivity index (χ2v) is 3.83. The second kappa shape index (κ2) is 5.60. The molecule has 0 spiro atoms. The van der Waals surface area contributed by atoms with Gasteiger partial charge in [0.15, 0.2) is 11.6 Å². The van der Waals surface area contributed by atoms with E-state index < -0.39 is 11.6 Å². The number of ether oxygens (including phenoxy) is 1. The summed E-state index contributed by atoms with van der Waals surface area (Å²) in [4.78, 5) is 0. The first-order valence-electron chi connectivity index (χ1n) is 5.56. The second-order valence-electron chi connectivity index (χ2n) is 3.83. The number of halogens is 2. The van der Waals surface area contributed by atoms with Crippen LogP contribution in [0.2, 0.25) is 0 Å². The van der Waals surface area contributed by atoms with Crippen molar-refractivity contribution in [2.24, 2.45) is 0 Å². The zero-order valence-corrected chi connectivity index (χ0v) is 9.91. The molecule has 0 aliphatic rings. The molecule has 0 aromatic heterocycles. The number of nitrogens with one attached hydrogen (secondary N) is 1. The Balaban J connectivity index is 2.23. The number of hydrogen-bond donors (Lipinski definition) is 1. The van der Waals surface area contributed by atoms with Gasteiger partial charge in [0.25, 0.3) is 0 Å². The average molecular weight is 249 g/mol. The molecule has 0 saturated carbocycles. The Morgan fingerprint density at radius 1 is 1.11 bits per heavy atom. The lowest BCUT2D eigenvalue weighted by molar-refractivity contribution is 0.415. The van der Waals surface area contributed by atoms with Crippen LogP contribution >= 0.6 is 0 Å². The standard InChI is InChI=1S/C14H13F2NO/c1-17-9-10-4-2-5-11(8-10)18-13-7-3-6-12(15)14(13)16/h2-8,17H,9H2,1H3. The maximum absolute atomic E-state index is 13.4. The van der Waals surface area contributed by atoms with Gasteiger partial charge in [-0.25, -0.2) is 4.39 Å². The van der Waals surface area contributed by atoms with Crippen molar-refractivity contribution in [2.75, 3.05) is 7.05 Å². The van der Waals surface area contributed by atoms with Gasteiger partial charge in [0.2, 0.25) is 5.82 Å². The largest absolute Gasteiger partial charge is 0.454 e. The fourth-order valence-electron chi connectivity index (χ4n) is 1.61. The highest BCUT2D eigenvalue weighted by Gasteiger charge is 2.09. The summed E-state index contributed by atoms with van der Waals surface area (Å²) < 4.78 is 31.8. The van der Waals surface area contributed by atoms with Gasteiger partial charge in [-0.2, -0.15) is 4.39 Å². The predicted molar refractivity (Wildman–Crippen MR) is 65.6 cm³/mol. The molecular weight excluding hydrogens is 236 g/mol. The van der Waals surface area contributed by atoms with E-state index in [1.54, 1.807) is 18.2 Å². The van der Waals surface area contributed by atoms with E-state index in [0.717, 1.165) is 11.6 Å². The van der Waals surface area contributed by atoms with Crippen LogP contribution in [-0.2, 0) is 6.54 Å². The van der Waals surface area contributed by atoms with Crippen molar-refractivity contribution in [2.45, 2.75) is 6.54 Å². The molecule has 0 unspecified atom stereocenters. The van der Waals surface area contributed by atoms with Crippen LogP contribution in [0.3, 0.4) is 0 Å². The van der Waals surface area contributed by atoms with Gasteiger partial charge in [0.1, 0.15) is 5.75 Å². The minimum absolute atomic E-state index is 0.114. The van der Waals surface area contributed by atoms with Crippen molar-refractivity contribution in [3.8, 4) is 11.5 Å². The Kier molecular flexibility index (Phi) is 3.89. The Morgan fingerprint density at radius 2 is 1.89 bits per heavy atom. The molecule has 0 aliphatic heterocycles. The summed E-state index contributed by atoms with van der Waals surface area (Å²) >= 11 is 0. The van der Waals surface area contributed by atoms with E-state index >= 15 is 0 Å². The maximum atomic E-state index is 13.4. The van der Waals surface area contributed by atoms with Crippen molar-refractivity contribution < 1.29 is 13.5 Å². The summed E-state index contributed by atoms with van der Waals surface area (Å²) in [6.07, 6.45) is 0. The van der Waals surface area contributed by atoms with E-state index in [1.807, 2.05) is 13.1 Å². The quantitative estimate of drug-likeness (QED) is 0.895. The van der Waals surface area contributed by atoms with Crippen LogP contribution in [0.5, 0.6) is 11.5 Å². The first-order valence-corrected chi connectivity index (χ1v) is 5.56. The molecule has 0 atom stereocenters. The zero-order chi connectivity index (χ0) is 13.0. The van der Waals surface area contributed by atoms with Crippen LogP contribution in [0.1, 0.15) is 5.56 Å². The highest BCUT2D eigenvalue weighted by Crippen LogP contribution is 2.26. The van der Waals surface area contributed by atoms with E-state index in [4.69, 9.17) is 4.74 Å². The van der Waals surface area contributed by atoms with Gasteiger partial charge in [-0.1, -0.05) is 18.2 Å². The van der Waals surface area contributed by atoms with Gasteiger partial charge in [0, 0.05) is 6.54 Å². The molecule has 0 amide bonds. The van der Waals surface area contributed by atoms with Gasteiger partial charge < -0.3 is 10.1 Å². The maximum Gasteiger partial charge on any atom is 0.201 e. The molecule has 0 bridgehead atoms. The smallest absolute Gasteiger partial charge is 0.201 e. The molecule has 2 nitrogen and oxygen atoms in total. The highest BCUT2D eigenvalue weighted by molar-refractivity contribution is 5.34. The molecule has 0 saturated heterocycles. The van der Waals surface area contributed by atoms with E-state index in [-0.39, 0.29) is 5.75 Å². The summed E-state index contributed by atoms with van der Waals surface area (Å²) in [5, 5.41) is 3.01. The molecule has 18 heavy (non-hydrogen) atoms. The average Bonchev–Trinajstić information content (AvgIpc) is 2.36. The van der Waals surface area contributed by atoms with Gasteiger partial charge in [-0.15, -0.1) is 0 Å². The molecule has 94 valence electrons. The molecule has 2 aromatic rings. The Hall–Kier alpha value is -1.94. The van der Waals surface area contributed by atoms with E-state index in [9.17, 15) is 8.78 Å². The van der Waals surface area contributed by atoms with Crippen molar-refractivity contribution in [1.82, 2.24) is 5.32 Å². The monoisotopic (exact) mass is 249 g/mol. The molecule has 2 aromatic carbocycles. The minimum Gasteiger partial charge on any atom is -0.454 e. The van der Waals surface area contributed by atoms with Crippen molar-refractivity contribution in [3.05, 3.63) is 59.7 Å². The normalized spacial score (nSPS) is 10.4. The third-order valence-electron chi connectivity index (χ3n) is 2.42. The Morgan fingerprint density at radius 3 is 2.67 bits per heavy atom. The van der Waals surface area contributed by atoms with Crippen LogP contribution < -0.4 is 10.1 Å². The summed E-state index contributed by atoms with van der Waals surface area (Å²) in [6, 6.07) is 11.1. The summed E-state index contributed by atoms with van der Waals surface area (Å²) in [5.74, 6) is -1.53. The van der Waals surface area contributed by atoms with Crippen LogP contribution in [0.25, 0.3) is 0 Å². The van der Waals surface area contributed by atoms with E-state index in [2.05, 4.69) is 5.32 Å². The predicted octanol–water partition coefficient (Wildman–Crippen LogP) is 3.48. The molecule has 0 aliphatic carbocycles. The van der Waals surface area contributed by atoms with Gasteiger partial charge in [-0.3, -0.25) is 0 Å². The molecule has 2 rings (SSSR count). The molecule has 0 radical (unpaired) electrons. The van der Waals surface area contributed by atoms with Crippen molar-refractivity contribution in [3.63, 3.8) is 0 Å². The molecule has 4 heteroatoms. The van der Waals surface area contributed by atoms with Crippen LogP contribution in [0, 0.1) is 11.6 Å². The van der Waals surface area contributed by atoms with Crippen LogP contribution in [-0.4, -0.2) is 7.05 Å². The molecule has 1 N–H and O–H groups in total. The van der Waals surface area contributed by atoms with Gasteiger partial charge in [0.05, 0.1) is 0 Å². The van der Waals surface area contributed by atoms with Gasteiger partial charge >= 0.3 is 0 Å². The SMILES string of the molecule is CNCc1cccc(Oc2cccc(F)c2F)c1. The third-order valence-corrected chi connectivity index (χ3v) is 2.42. The fraction of sp³-hybridized carbons (Fsp3) is 0.143. The first kappa shape index (κ1) is 12.5. The number of rotatable bonds is 4. The Bertz CT molecular complexity index is 543. The first-order chi connectivity index (χ1) is 8.70. The number of benzene rings is 2. The Labute approximate surface area is 104 Å². The van der Waals surface area contributed by atoms with Crippen molar-refractivity contribution in [1.29, 1.82) is 0 Å². The third kappa shape index (κ3) is 2.84. The lowest BCUT2D eigenvalue weighted by atomic mass is 10.2.